The molecule has 1 aromatic heterocycles. The van der Waals surface area contributed by atoms with Crippen molar-refractivity contribution in [3.05, 3.63) is 75.5 Å². The first-order chi connectivity index (χ1) is 19.4. The zero-order valence-electron chi connectivity index (χ0n) is 25.3. The van der Waals surface area contributed by atoms with Crippen LogP contribution >= 0.6 is 11.3 Å². The van der Waals surface area contributed by atoms with Gasteiger partial charge in [0.15, 0.2) is 11.5 Å². The van der Waals surface area contributed by atoms with Crippen molar-refractivity contribution in [3.8, 4) is 17.2 Å². The summed E-state index contributed by atoms with van der Waals surface area (Å²) in [7, 11) is 5.03. The first-order valence-corrected chi connectivity index (χ1v) is 15.6. The van der Waals surface area contributed by atoms with Gasteiger partial charge in [-0.25, -0.2) is 0 Å². The number of aryl methyl sites for hydroxylation is 2. The van der Waals surface area contributed by atoms with E-state index in [1.165, 1.54) is 12.0 Å². The van der Waals surface area contributed by atoms with Crippen molar-refractivity contribution in [1.82, 2.24) is 10.2 Å². The number of benzene rings is 2. The van der Waals surface area contributed by atoms with E-state index in [1.807, 2.05) is 17.4 Å². The van der Waals surface area contributed by atoms with Crippen LogP contribution in [0, 0.1) is 5.41 Å². The molecule has 1 aliphatic rings. The van der Waals surface area contributed by atoms with E-state index in [4.69, 9.17) is 14.2 Å². The second-order valence-electron chi connectivity index (χ2n) is 11.6. The van der Waals surface area contributed by atoms with Crippen molar-refractivity contribution >= 4 is 11.3 Å². The summed E-state index contributed by atoms with van der Waals surface area (Å²) in [6.07, 6.45) is 5.79. The Morgan fingerprint density at radius 2 is 1.75 bits per heavy atom. The summed E-state index contributed by atoms with van der Waals surface area (Å²) in [5.74, 6) is 2.64. The number of rotatable bonds is 14. The second kappa shape index (κ2) is 14.4. The minimum Gasteiger partial charge on any atom is -0.493 e. The predicted octanol–water partition coefficient (Wildman–Crippen LogP) is 7.33. The maximum absolute atomic E-state index is 5.78. The van der Waals surface area contributed by atoms with E-state index in [1.54, 1.807) is 31.8 Å². The van der Waals surface area contributed by atoms with E-state index < -0.39 is 0 Å². The van der Waals surface area contributed by atoms with Crippen LogP contribution in [0.3, 0.4) is 0 Å². The topological polar surface area (TPSA) is 43.0 Å². The largest absolute Gasteiger partial charge is 0.493 e. The molecule has 0 aliphatic carbocycles. The van der Waals surface area contributed by atoms with Gasteiger partial charge in [0.1, 0.15) is 0 Å². The van der Waals surface area contributed by atoms with Crippen LogP contribution < -0.4 is 19.5 Å². The maximum atomic E-state index is 5.78. The number of nitrogens with one attached hydrogen (secondary N) is 1. The summed E-state index contributed by atoms with van der Waals surface area (Å²) in [5.41, 5.74) is 4.37. The van der Waals surface area contributed by atoms with E-state index in [-0.39, 0.29) is 5.41 Å². The molecule has 0 spiro atoms. The molecule has 5 nitrogen and oxygen atoms in total. The zero-order valence-corrected chi connectivity index (χ0v) is 26.1. The van der Waals surface area contributed by atoms with Crippen molar-refractivity contribution in [3.63, 3.8) is 0 Å². The van der Waals surface area contributed by atoms with Crippen LogP contribution in [0.5, 0.6) is 17.2 Å². The zero-order chi connectivity index (χ0) is 28.5. The minimum atomic E-state index is 0.228. The third-order valence-corrected chi connectivity index (χ3v) is 9.76. The van der Waals surface area contributed by atoms with Crippen molar-refractivity contribution in [2.75, 3.05) is 41.0 Å². The van der Waals surface area contributed by atoms with Crippen molar-refractivity contribution in [2.24, 2.45) is 5.41 Å². The van der Waals surface area contributed by atoms with Crippen molar-refractivity contribution in [2.45, 2.75) is 71.4 Å². The van der Waals surface area contributed by atoms with Gasteiger partial charge in [-0.3, -0.25) is 4.90 Å². The van der Waals surface area contributed by atoms with Gasteiger partial charge in [0.25, 0.3) is 0 Å². The number of thiophene rings is 1. The van der Waals surface area contributed by atoms with Crippen LogP contribution in [0.2, 0.25) is 0 Å². The Labute approximate surface area is 245 Å². The highest BCUT2D eigenvalue weighted by molar-refractivity contribution is 7.10. The van der Waals surface area contributed by atoms with Gasteiger partial charge in [-0.1, -0.05) is 63.6 Å². The van der Waals surface area contributed by atoms with Gasteiger partial charge in [0.2, 0.25) is 5.75 Å². The van der Waals surface area contributed by atoms with E-state index in [0.717, 1.165) is 63.2 Å². The Kier molecular flexibility index (Phi) is 10.9. The van der Waals surface area contributed by atoms with Crippen LogP contribution in [0.1, 0.15) is 67.5 Å². The molecule has 1 saturated heterocycles. The molecule has 1 fully saturated rings. The van der Waals surface area contributed by atoms with Crippen LogP contribution in [0.15, 0.2) is 53.9 Å². The molecule has 40 heavy (non-hydrogen) atoms. The fourth-order valence-electron chi connectivity index (χ4n) is 6.08. The number of piperazine rings is 1. The van der Waals surface area contributed by atoms with Crippen molar-refractivity contribution in [1.29, 1.82) is 0 Å². The Morgan fingerprint density at radius 3 is 2.45 bits per heavy atom. The quantitative estimate of drug-likeness (QED) is 0.222. The minimum absolute atomic E-state index is 0.228. The predicted molar refractivity (Wildman–Crippen MR) is 167 cm³/mol. The third-order valence-electron chi connectivity index (χ3n) is 8.76. The lowest BCUT2D eigenvalue weighted by atomic mass is 9.70. The average Bonchev–Trinajstić information content (AvgIpc) is 3.44. The summed E-state index contributed by atoms with van der Waals surface area (Å²) in [6.45, 7) is 11.1. The SMILES string of the molecule is CCC(C)(C)C(CC1CN(Cc2ccc(OC)c(OC)c2OC)CCN1)c1ccsc1CCCc1ccccc1. The highest BCUT2D eigenvalue weighted by Gasteiger charge is 2.34. The molecule has 218 valence electrons. The maximum Gasteiger partial charge on any atom is 0.203 e. The summed E-state index contributed by atoms with van der Waals surface area (Å²) >= 11 is 1.95. The molecule has 0 saturated carbocycles. The summed E-state index contributed by atoms with van der Waals surface area (Å²) in [4.78, 5) is 4.13. The number of ether oxygens (including phenoxy) is 3. The summed E-state index contributed by atoms with van der Waals surface area (Å²) < 4.78 is 16.9. The fraction of sp³-hybridized carbons (Fsp3) is 0.529. The standard InChI is InChI=1S/C34H48N2O3S/c1-7-34(2,3)29(28-18-21-40-31(28)15-11-14-25-12-9-8-10-13-25)22-27-24-36(20-19-35-27)23-26-16-17-30(37-4)33(39-6)32(26)38-5/h8-10,12-13,16-18,21,27,29,35H,7,11,14-15,19-20,22-24H2,1-6H3. The Balaban J connectivity index is 1.46. The van der Waals surface area contributed by atoms with Gasteiger partial charge >= 0.3 is 0 Å². The monoisotopic (exact) mass is 564 g/mol. The Morgan fingerprint density at radius 1 is 0.975 bits per heavy atom. The third kappa shape index (κ3) is 7.39. The van der Waals surface area contributed by atoms with Gasteiger partial charge < -0.3 is 19.5 Å². The summed E-state index contributed by atoms with van der Waals surface area (Å²) in [5, 5.41) is 6.18. The normalized spacial score (nSPS) is 17.0. The molecule has 6 heteroatoms. The second-order valence-corrected chi connectivity index (χ2v) is 12.6. The van der Waals surface area contributed by atoms with Crippen LogP contribution in [-0.4, -0.2) is 51.9 Å². The molecule has 1 N–H and O–H groups in total. The first kappa shape index (κ1) is 30.4. The van der Waals surface area contributed by atoms with Crippen LogP contribution in [0.4, 0.5) is 0 Å². The highest BCUT2D eigenvalue weighted by atomic mass is 32.1. The molecule has 0 radical (unpaired) electrons. The van der Waals surface area contributed by atoms with Crippen LogP contribution in [-0.2, 0) is 19.4 Å². The van der Waals surface area contributed by atoms with E-state index >= 15 is 0 Å². The Hall–Kier alpha value is -2.54. The molecule has 2 atom stereocenters. The van der Waals surface area contributed by atoms with E-state index in [2.05, 4.69) is 78.8 Å². The van der Waals surface area contributed by atoms with Gasteiger partial charge in [0.05, 0.1) is 21.3 Å². The lowest BCUT2D eigenvalue weighted by Gasteiger charge is -2.40. The number of hydrogen-bond acceptors (Lipinski definition) is 6. The van der Waals surface area contributed by atoms with E-state index in [0.29, 0.717) is 23.5 Å². The van der Waals surface area contributed by atoms with E-state index in [9.17, 15) is 0 Å². The fourth-order valence-corrected chi connectivity index (χ4v) is 7.07. The molecule has 0 amide bonds. The lowest BCUT2D eigenvalue weighted by molar-refractivity contribution is 0.159. The molecular formula is C34H48N2O3S. The molecule has 1 aliphatic heterocycles. The van der Waals surface area contributed by atoms with Gasteiger partial charge in [-0.2, -0.15) is 0 Å². The molecule has 2 unspecified atom stereocenters. The molecule has 4 rings (SSSR count). The van der Waals surface area contributed by atoms with Gasteiger partial charge in [-0.15, -0.1) is 11.3 Å². The molecular weight excluding hydrogens is 516 g/mol. The molecule has 3 aromatic rings. The van der Waals surface area contributed by atoms with Crippen LogP contribution in [0.25, 0.3) is 0 Å². The number of hydrogen-bond donors (Lipinski definition) is 1. The smallest absolute Gasteiger partial charge is 0.203 e. The Bertz CT molecular complexity index is 1190. The number of methoxy groups -OCH3 is 3. The number of nitrogens with zero attached hydrogens (tertiary/aromatic N) is 1. The highest BCUT2D eigenvalue weighted by Crippen LogP contribution is 2.45. The summed E-state index contributed by atoms with van der Waals surface area (Å²) in [6, 6.07) is 17.8. The molecule has 0 bridgehead atoms. The molecule has 2 aromatic carbocycles. The lowest BCUT2D eigenvalue weighted by Crippen LogP contribution is -2.51. The van der Waals surface area contributed by atoms with Gasteiger partial charge in [-0.05, 0) is 65.7 Å². The van der Waals surface area contributed by atoms with Gasteiger partial charge in [0, 0.05) is 42.7 Å². The van der Waals surface area contributed by atoms with Crippen molar-refractivity contribution < 1.29 is 14.2 Å². The first-order valence-electron chi connectivity index (χ1n) is 14.7. The molecule has 2 heterocycles. The average molecular weight is 565 g/mol.